The quantitative estimate of drug-likeness (QED) is 0.752. The Morgan fingerprint density at radius 2 is 2.14 bits per heavy atom. The molecule has 2 rings (SSSR count). The molecule has 14 heavy (non-hydrogen) atoms. The van der Waals surface area contributed by atoms with E-state index in [2.05, 4.69) is 22.0 Å². The van der Waals surface area contributed by atoms with Crippen LogP contribution in [0, 0.1) is 17.1 Å². The molecule has 1 aromatic carbocycles. The number of nitrogens with zero attached hydrogens (tertiary/aromatic N) is 1. The van der Waals surface area contributed by atoms with Crippen LogP contribution in [0.25, 0.3) is 0 Å². The monoisotopic (exact) mass is 253 g/mol. The van der Waals surface area contributed by atoms with E-state index in [1.54, 1.807) is 12.1 Å². The van der Waals surface area contributed by atoms with Crippen LogP contribution in [-0.4, -0.2) is 0 Å². The molecule has 1 saturated carbocycles. The molecule has 1 aliphatic carbocycles. The molecular formula is C11H9BrFN. The maximum absolute atomic E-state index is 13.6. The van der Waals surface area contributed by atoms with Gasteiger partial charge in [0.25, 0.3) is 0 Å². The van der Waals surface area contributed by atoms with E-state index in [1.165, 1.54) is 6.07 Å². The molecule has 0 aromatic heterocycles. The molecule has 0 radical (unpaired) electrons. The Kier molecular flexibility index (Phi) is 2.32. The second-order valence-electron chi connectivity index (χ2n) is 3.67. The van der Waals surface area contributed by atoms with Crippen LogP contribution in [0.15, 0.2) is 22.7 Å². The van der Waals surface area contributed by atoms with Crippen LogP contribution in [0.1, 0.15) is 24.8 Å². The van der Waals surface area contributed by atoms with Gasteiger partial charge in [-0.1, -0.05) is 22.0 Å². The average Bonchev–Trinajstić information content (AvgIpc) is 2.07. The number of hydrogen-bond donors (Lipinski definition) is 0. The first kappa shape index (κ1) is 9.67. The molecule has 0 atom stereocenters. The molecular weight excluding hydrogens is 245 g/mol. The lowest BCUT2D eigenvalue weighted by Crippen LogP contribution is -2.33. The van der Waals surface area contributed by atoms with Crippen LogP contribution in [0.5, 0.6) is 0 Å². The smallest absolute Gasteiger partial charge is 0.129 e. The molecule has 0 saturated heterocycles. The van der Waals surface area contributed by atoms with Crippen LogP contribution in [0.2, 0.25) is 0 Å². The highest BCUT2D eigenvalue weighted by Gasteiger charge is 2.40. The van der Waals surface area contributed by atoms with Crippen molar-refractivity contribution < 1.29 is 4.39 Å². The first-order chi connectivity index (χ1) is 6.68. The van der Waals surface area contributed by atoms with E-state index >= 15 is 0 Å². The third-order valence-corrected chi connectivity index (χ3v) is 3.36. The zero-order chi connectivity index (χ0) is 10.2. The lowest BCUT2D eigenvalue weighted by Gasteiger charge is -2.35. The van der Waals surface area contributed by atoms with Crippen LogP contribution in [0.4, 0.5) is 4.39 Å². The summed E-state index contributed by atoms with van der Waals surface area (Å²) in [5.74, 6) is -0.277. The topological polar surface area (TPSA) is 23.8 Å². The van der Waals surface area contributed by atoms with Gasteiger partial charge in [0.05, 0.1) is 11.5 Å². The van der Waals surface area contributed by atoms with E-state index in [4.69, 9.17) is 5.26 Å². The molecule has 0 bridgehead atoms. The summed E-state index contributed by atoms with van der Waals surface area (Å²) in [5, 5.41) is 9.06. The van der Waals surface area contributed by atoms with Crippen molar-refractivity contribution in [3.8, 4) is 6.07 Å². The van der Waals surface area contributed by atoms with Gasteiger partial charge in [-0.15, -0.1) is 0 Å². The largest absolute Gasteiger partial charge is 0.207 e. The summed E-state index contributed by atoms with van der Waals surface area (Å²) < 4.78 is 14.3. The lowest BCUT2D eigenvalue weighted by molar-refractivity contribution is 0.313. The second kappa shape index (κ2) is 3.36. The van der Waals surface area contributed by atoms with Crippen molar-refractivity contribution in [2.24, 2.45) is 0 Å². The van der Waals surface area contributed by atoms with Crippen molar-refractivity contribution in [2.75, 3.05) is 0 Å². The SMILES string of the molecule is N#CC1(c2ccc(Br)cc2F)CCC1. The summed E-state index contributed by atoms with van der Waals surface area (Å²) in [6.07, 6.45) is 2.58. The van der Waals surface area contributed by atoms with Crippen LogP contribution < -0.4 is 0 Å². The number of benzene rings is 1. The van der Waals surface area contributed by atoms with Gasteiger partial charge in [0.15, 0.2) is 0 Å². The third kappa shape index (κ3) is 1.34. The Morgan fingerprint density at radius 1 is 1.43 bits per heavy atom. The molecule has 1 aliphatic rings. The minimum absolute atomic E-state index is 0.277. The minimum atomic E-state index is -0.551. The molecule has 0 heterocycles. The fourth-order valence-corrected chi connectivity index (χ4v) is 2.18. The highest BCUT2D eigenvalue weighted by Crippen LogP contribution is 2.44. The van der Waals surface area contributed by atoms with Crippen LogP contribution in [-0.2, 0) is 5.41 Å². The Labute approximate surface area is 90.7 Å². The predicted molar refractivity (Wildman–Crippen MR) is 55.2 cm³/mol. The maximum atomic E-state index is 13.6. The van der Waals surface area contributed by atoms with Gasteiger partial charge in [0.1, 0.15) is 5.82 Å². The van der Waals surface area contributed by atoms with Gasteiger partial charge in [-0.05, 0) is 31.4 Å². The van der Waals surface area contributed by atoms with E-state index in [9.17, 15) is 4.39 Å². The Balaban J connectivity index is 2.46. The highest BCUT2D eigenvalue weighted by molar-refractivity contribution is 9.10. The molecule has 1 nitrogen and oxygen atoms in total. The minimum Gasteiger partial charge on any atom is -0.207 e. The predicted octanol–water partition coefficient (Wildman–Crippen LogP) is 3.53. The van der Waals surface area contributed by atoms with Gasteiger partial charge in [-0.2, -0.15) is 5.26 Å². The summed E-state index contributed by atoms with van der Waals surface area (Å²) in [7, 11) is 0. The molecule has 0 unspecified atom stereocenters. The van der Waals surface area contributed by atoms with Crippen LogP contribution in [0.3, 0.4) is 0 Å². The first-order valence-electron chi connectivity index (χ1n) is 4.55. The zero-order valence-corrected chi connectivity index (χ0v) is 9.14. The molecule has 1 aromatic rings. The van der Waals surface area contributed by atoms with E-state index in [-0.39, 0.29) is 5.82 Å². The molecule has 0 N–H and O–H groups in total. The Hall–Kier alpha value is -0.880. The van der Waals surface area contributed by atoms with Crippen molar-refractivity contribution in [1.29, 1.82) is 5.26 Å². The summed E-state index contributed by atoms with van der Waals surface area (Å²) in [5.41, 5.74) is -0.000394. The average molecular weight is 254 g/mol. The summed E-state index contributed by atoms with van der Waals surface area (Å²) in [4.78, 5) is 0. The van der Waals surface area contributed by atoms with E-state index < -0.39 is 5.41 Å². The van der Waals surface area contributed by atoms with Crippen molar-refractivity contribution >= 4 is 15.9 Å². The molecule has 0 amide bonds. The van der Waals surface area contributed by atoms with Gasteiger partial charge in [0, 0.05) is 10.0 Å². The van der Waals surface area contributed by atoms with E-state index in [0.717, 1.165) is 19.3 Å². The van der Waals surface area contributed by atoms with Crippen molar-refractivity contribution in [3.05, 3.63) is 34.1 Å². The number of hydrogen-bond acceptors (Lipinski definition) is 1. The fraction of sp³-hybridized carbons (Fsp3) is 0.364. The number of nitriles is 1. The van der Waals surface area contributed by atoms with E-state index in [0.29, 0.717) is 10.0 Å². The first-order valence-corrected chi connectivity index (χ1v) is 5.34. The van der Waals surface area contributed by atoms with Gasteiger partial charge < -0.3 is 0 Å². The van der Waals surface area contributed by atoms with E-state index in [1.807, 2.05) is 0 Å². The second-order valence-corrected chi connectivity index (χ2v) is 4.59. The van der Waals surface area contributed by atoms with Gasteiger partial charge >= 0.3 is 0 Å². The van der Waals surface area contributed by atoms with Gasteiger partial charge in [-0.25, -0.2) is 4.39 Å². The molecule has 1 fully saturated rings. The van der Waals surface area contributed by atoms with Crippen molar-refractivity contribution in [3.63, 3.8) is 0 Å². The molecule has 0 spiro atoms. The standard InChI is InChI=1S/C11H9BrFN/c12-8-2-3-9(10(13)6-8)11(7-14)4-1-5-11/h2-3,6H,1,4-5H2. The van der Waals surface area contributed by atoms with Crippen LogP contribution >= 0.6 is 15.9 Å². The third-order valence-electron chi connectivity index (χ3n) is 2.87. The zero-order valence-electron chi connectivity index (χ0n) is 7.56. The highest BCUT2D eigenvalue weighted by atomic mass is 79.9. The number of rotatable bonds is 1. The maximum Gasteiger partial charge on any atom is 0.129 e. The summed E-state index contributed by atoms with van der Waals surface area (Å²) in [6.45, 7) is 0. The summed E-state index contributed by atoms with van der Waals surface area (Å²) >= 11 is 3.20. The van der Waals surface area contributed by atoms with Crippen molar-refractivity contribution in [2.45, 2.75) is 24.7 Å². The lowest BCUT2D eigenvalue weighted by atomic mass is 9.65. The van der Waals surface area contributed by atoms with Gasteiger partial charge in [0.2, 0.25) is 0 Å². The number of halogens is 2. The molecule has 3 heteroatoms. The Bertz CT molecular complexity index is 404. The molecule has 72 valence electrons. The fourth-order valence-electron chi connectivity index (χ4n) is 1.85. The van der Waals surface area contributed by atoms with Crippen molar-refractivity contribution in [1.82, 2.24) is 0 Å². The normalized spacial score (nSPS) is 18.4. The summed E-state index contributed by atoms with van der Waals surface area (Å²) in [6, 6.07) is 7.16. The molecule has 0 aliphatic heterocycles. The Morgan fingerprint density at radius 3 is 2.57 bits per heavy atom. The van der Waals surface area contributed by atoms with Gasteiger partial charge in [-0.3, -0.25) is 0 Å².